The normalized spacial score (nSPS) is 17.4. The molecule has 19 heteroatoms. The van der Waals surface area contributed by atoms with E-state index >= 15 is 0 Å². The fourth-order valence-electron chi connectivity index (χ4n) is 5.42. The van der Waals surface area contributed by atoms with Crippen LogP contribution in [0.2, 0.25) is 0 Å². The standard InChI is InChI=1S/C37H62N8O11/c1-23(2)32(45-30(48)10-6-5-7-15-38)34(51)44-29(9-8-16-40-35(39)52)33(50)43-27-13-11-26(12-14-27)19-54-36(53)42-22-41-31(49)17-28(56-25(4)24(3)47)18-37(20-46)21-55-37/h11-14,23-25,28-29,32,46-47H,5-10,15-22,38H2,1-4H3,(H,41,49)(H,42,53)(H,43,50)(H,44,51)(H,45,48)(H3,39,40,52)/t24?,25-,28+,29-,32-,37-/m0/s1. The van der Waals surface area contributed by atoms with Gasteiger partial charge in [0.2, 0.25) is 23.6 Å². The molecule has 0 spiro atoms. The summed E-state index contributed by atoms with van der Waals surface area (Å²) in [7, 11) is 0. The van der Waals surface area contributed by atoms with Crippen molar-refractivity contribution in [1.82, 2.24) is 26.6 Å². The number of urea groups is 1. The Kier molecular flexibility index (Phi) is 21.1. The van der Waals surface area contributed by atoms with Crippen molar-refractivity contribution >= 4 is 41.4 Å². The van der Waals surface area contributed by atoms with Crippen LogP contribution < -0.4 is 43.4 Å². The summed E-state index contributed by atoms with van der Waals surface area (Å²) < 4.78 is 16.4. The lowest BCUT2D eigenvalue weighted by Gasteiger charge is -2.25. The number of primary amides is 1. The van der Waals surface area contributed by atoms with Crippen molar-refractivity contribution in [1.29, 1.82) is 0 Å². The lowest BCUT2D eigenvalue weighted by Crippen LogP contribution is -2.54. The van der Waals surface area contributed by atoms with Gasteiger partial charge in [-0.2, -0.15) is 0 Å². The first-order valence-electron chi connectivity index (χ1n) is 19.1. The molecule has 1 saturated heterocycles. The molecule has 1 fully saturated rings. The molecule has 1 heterocycles. The largest absolute Gasteiger partial charge is 0.445 e. The average molecular weight is 795 g/mol. The number of amides is 7. The van der Waals surface area contributed by atoms with Gasteiger partial charge < -0.3 is 67.8 Å². The van der Waals surface area contributed by atoms with Crippen LogP contribution in [0.3, 0.4) is 0 Å². The zero-order chi connectivity index (χ0) is 41.7. The van der Waals surface area contributed by atoms with Crippen molar-refractivity contribution in [2.75, 3.05) is 38.3 Å². The van der Waals surface area contributed by atoms with Gasteiger partial charge in [-0.1, -0.05) is 32.4 Å². The molecule has 19 nitrogen and oxygen atoms in total. The van der Waals surface area contributed by atoms with Crippen LogP contribution in [0.1, 0.15) is 84.6 Å². The smallest absolute Gasteiger partial charge is 0.408 e. The van der Waals surface area contributed by atoms with Crippen molar-refractivity contribution in [3.63, 3.8) is 0 Å². The van der Waals surface area contributed by atoms with Crippen LogP contribution in [0.25, 0.3) is 0 Å². The summed E-state index contributed by atoms with van der Waals surface area (Å²) in [4.78, 5) is 75.2. The number of nitrogens with one attached hydrogen (secondary N) is 6. The molecular formula is C37H62N8O11. The van der Waals surface area contributed by atoms with Crippen LogP contribution in [0, 0.1) is 5.92 Å². The number of anilines is 1. The van der Waals surface area contributed by atoms with Crippen LogP contribution in [0.5, 0.6) is 0 Å². The summed E-state index contributed by atoms with van der Waals surface area (Å²) in [5.41, 5.74) is 10.9. The number of ether oxygens (including phenoxy) is 3. The maximum Gasteiger partial charge on any atom is 0.408 e. The molecule has 0 radical (unpaired) electrons. The van der Waals surface area contributed by atoms with Crippen molar-refractivity contribution in [2.24, 2.45) is 17.4 Å². The fourth-order valence-corrected chi connectivity index (χ4v) is 5.42. The molecule has 1 unspecified atom stereocenters. The molecule has 0 bridgehead atoms. The van der Waals surface area contributed by atoms with E-state index in [0.29, 0.717) is 37.2 Å². The highest BCUT2D eigenvalue weighted by atomic mass is 16.6. The molecule has 0 aliphatic carbocycles. The van der Waals surface area contributed by atoms with Gasteiger partial charge in [-0.25, -0.2) is 9.59 Å². The molecule has 12 N–H and O–H groups in total. The molecule has 6 atom stereocenters. The number of hydrogen-bond acceptors (Lipinski definition) is 12. The van der Waals surface area contributed by atoms with Gasteiger partial charge in [-0.3, -0.25) is 19.2 Å². The van der Waals surface area contributed by atoms with Crippen LogP contribution in [-0.2, 0) is 40.0 Å². The molecule has 1 aromatic carbocycles. The molecule has 2 rings (SSSR count). The third-order valence-corrected chi connectivity index (χ3v) is 9.02. The van der Waals surface area contributed by atoms with Crippen LogP contribution in [0.15, 0.2) is 24.3 Å². The van der Waals surface area contributed by atoms with E-state index in [-0.39, 0.29) is 63.9 Å². The molecule has 1 aliphatic heterocycles. The lowest BCUT2D eigenvalue weighted by atomic mass is 10.0. The monoisotopic (exact) mass is 794 g/mol. The molecule has 7 amide bonds. The van der Waals surface area contributed by atoms with Crippen molar-refractivity contribution in [2.45, 2.75) is 122 Å². The van der Waals surface area contributed by atoms with E-state index in [1.165, 1.54) is 0 Å². The highest BCUT2D eigenvalue weighted by Crippen LogP contribution is 2.33. The summed E-state index contributed by atoms with van der Waals surface area (Å²) in [6.07, 6.45) is 0.375. The second-order valence-electron chi connectivity index (χ2n) is 14.3. The third kappa shape index (κ3) is 18.9. The van der Waals surface area contributed by atoms with Gasteiger partial charge in [0.25, 0.3) is 0 Å². The number of aliphatic hydroxyl groups is 2. The van der Waals surface area contributed by atoms with Gasteiger partial charge >= 0.3 is 12.1 Å². The molecule has 0 saturated carbocycles. The number of rotatable bonds is 27. The SMILES string of the molecule is CC(O)[C@H](C)O[C@H](CC(=O)NCNC(=O)OCc1ccc(NC(=O)[C@H](CCCNC(N)=O)NC(=O)[C@@H](NC(=O)CCCCCN)C(C)C)cc1)C[C@]1(CO)CO1. The number of nitrogens with two attached hydrogens (primary N) is 2. The number of unbranched alkanes of at least 4 members (excludes halogenated alkanes) is 2. The molecule has 0 aromatic heterocycles. The Morgan fingerprint density at radius 3 is 2.20 bits per heavy atom. The first-order valence-corrected chi connectivity index (χ1v) is 19.1. The quantitative estimate of drug-likeness (QED) is 0.0325. The van der Waals surface area contributed by atoms with Crippen LogP contribution in [-0.4, -0.2) is 115 Å². The molecule has 316 valence electrons. The van der Waals surface area contributed by atoms with E-state index < -0.39 is 65.8 Å². The van der Waals surface area contributed by atoms with Crippen LogP contribution >= 0.6 is 0 Å². The molecule has 1 aromatic rings. The number of alkyl carbamates (subject to hydrolysis) is 1. The van der Waals surface area contributed by atoms with Crippen molar-refractivity contribution in [3.05, 3.63) is 29.8 Å². The van der Waals surface area contributed by atoms with Gasteiger partial charge in [-0.05, 0) is 69.7 Å². The maximum atomic E-state index is 13.4. The lowest BCUT2D eigenvalue weighted by molar-refractivity contribution is -0.132. The number of epoxide rings is 1. The first-order chi connectivity index (χ1) is 26.6. The predicted octanol–water partition coefficient (Wildman–Crippen LogP) is 0.214. The number of carbonyl (C=O) groups excluding carboxylic acids is 6. The van der Waals surface area contributed by atoms with E-state index in [1.54, 1.807) is 52.0 Å². The van der Waals surface area contributed by atoms with Gasteiger partial charge in [-0.15, -0.1) is 0 Å². The molecular weight excluding hydrogens is 732 g/mol. The van der Waals surface area contributed by atoms with Crippen molar-refractivity contribution < 1.29 is 53.2 Å². The minimum Gasteiger partial charge on any atom is -0.445 e. The van der Waals surface area contributed by atoms with Crippen LogP contribution in [0.4, 0.5) is 15.3 Å². The van der Waals surface area contributed by atoms with Gasteiger partial charge in [0.1, 0.15) is 24.3 Å². The van der Waals surface area contributed by atoms with Gasteiger partial charge in [0.15, 0.2) is 0 Å². The average Bonchev–Trinajstić information content (AvgIpc) is 3.92. The number of aliphatic hydroxyl groups excluding tert-OH is 2. The number of benzene rings is 1. The minimum atomic E-state index is -1.01. The second kappa shape index (κ2) is 24.8. The highest BCUT2D eigenvalue weighted by molar-refractivity contribution is 5.98. The summed E-state index contributed by atoms with van der Waals surface area (Å²) in [6.45, 7) is 7.31. The predicted molar refractivity (Wildman–Crippen MR) is 205 cm³/mol. The zero-order valence-electron chi connectivity index (χ0n) is 32.9. The fraction of sp³-hybridized carbons (Fsp3) is 0.676. The summed E-state index contributed by atoms with van der Waals surface area (Å²) >= 11 is 0. The summed E-state index contributed by atoms with van der Waals surface area (Å²) in [5.74, 6) is -2.02. The molecule has 1 aliphatic rings. The van der Waals surface area contributed by atoms with E-state index in [2.05, 4.69) is 31.9 Å². The Balaban J connectivity index is 1.89. The second-order valence-corrected chi connectivity index (χ2v) is 14.3. The molecule has 56 heavy (non-hydrogen) atoms. The first kappa shape index (κ1) is 47.6. The Morgan fingerprint density at radius 1 is 0.911 bits per heavy atom. The Morgan fingerprint density at radius 2 is 1.61 bits per heavy atom. The Hall–Kier alpha value is -4.56. The van der Waals surface area contributed by atoms with Gasteiger partial charge in [0, 0.05) is 25.1 Å². The zero-order valence-corrected chi connectivity index (χ0v) is 32.9. The Labute approximate surface area is 328 Å². The number of hydrogen-bond donors (Lipinski definition) is 10. The maximum absolute atomic E-state index is 13.4. The summed E-state index contributed by atoms with van der Waals surface area (Å²) in [6, 6.07) is 3.83. The van der Waals surface area contributed by atoms with E-state index in [4.69, 9.17) is 25.7 Å². The van der Waals surface area contributed by atoms with E-state index in [0.717, 1.165) is 12.8 Å². The third-order valence-electron chi connectivity index (χ3n) is 9.02. The topological polar surface area (TPSA) is 298 Å². The van der Waals surface area contributed by atoms with Crippen molar-refractivity contribution in [3.8, 4) is 0 Å². The number of carbonyl (C=O) groups is 6. The summed E-state index contributed by atoms with van der Waals surface area (Å²) in [5, 5.41) is 35.1. The van der Waals surface area contributed by atoms with Gasteiger partial charge in [0.05, 0.1) is 44.6 Å². The highest BCUT2D eigenvalue weighted by Gasteiger charge is 2.46. The minimum absolute atomic E-state index is 0.0889. The Bertz CT molecular complexity index is 1410. The van der Waals surface area contributed by atoms with E-state index in [1.807, 2.05) is 0 Å². The van der Waals surface area contributed by atoms with E-state index in [9.17, 15) is 39.0 Å².